The number of hydrogen-bond donors (Lipinski definition) is 5. The average molecular weight is 432 g/mol. The van der Waals surface area contributed by atoms with Gasteiger partial charge in [0.25, 0.3) is 0 Å². The van der Waals surface area contributed by atoms with Gasteiger partial charge in [-0.3, -0.25) is 0 Å². The Bertz CT molecular complexity index is 1100. The molecule has 0 radical (unpaired) electrons. The molecule has 0 aromatic heterocycles. The number of phenols is 1. The molecule has 5 N–H and O–H groups in total. The van der Waals surface area contributed by atoms with Crippen LogP contribution in [0.1, 0.15) is 0 Å². The largest absolute Gasteiger partial charge is 0.508 e. The Labute approximate surface area is 177 Å². The van der Waals surface area contributed by atoms with Gasteiger partial charge in [-0.25, -0.2) is 0 Å². The van der Waals surface area contributed by atoms with Gasteiger partial charge in [-0.15, -0.1) is 0 Å². The van der Waals surface area contributed by atoms with Gasteiger partial charge >= 0.3 is 0 Å². The van der Waals surface area contributed by atoms with Crippen LogP contribution in [0.4, 0.5) is 0 Å². The molecule has 9 heteroatoms. The number of methoxy groups -OCH3 is 2. The zero-order chi connectivity index (χ0) is 22.3. The Morgan fingerprint density at radius 1 is 0.871 bits per heavy atom. The highest BCUT2D eigenvalue weighted by molar-refractivity contribution is 6.12. The normalized spacial score (nSPS) is 26.2. The monoisotopic (exact) mass is 432 g/mol. The van der Waals surface area contributed by atoms with E-state index in [2.05, 4.69) is 0 Å². The van der Waals surface area contributed by atoms with Gasteiger partial charge in [0.2, 0.25) is 12.0 Å². The molecule has 31 heavy (non-hydrogen) atoms. The summed E-state index contributed by atoms with van der Waals surface area (Å²) in [7, 11) is 2.90. The molecule has 166 valence electrons. The Morgan fingerprint density at radius 2 is 1.61 bits per heavy atom. The van der Waals surface area contributed by atoms with Gasteiger partial charge in [0, 0.05) is 5.39 Å². The zero-order valence-electron chi connectivity index (χ0n) is 16.9. The van der Waals surface area contributed by atoms with Crippen molar-refractivity contribution < 1.29 is 44.5 Å². The summed E-state index contributed by atoms with van der Waals surface area (Å²) in [6, 6.07) is 10.4. The average Bonchev–Trinajstić information content (AvgIpc) is 2.78. The second kappa shape index (κ2) is 8.37. The molecule has 5 atom stereocenters. The van der Waals surface area contributed by atoms with Gasteiger partial charge in [-0.1, -0.05) is 12.1 Å². The number of benzene rings is 3. The quantitative estimate of drug-likeness (QED) is 0.372. The van der Waals surface area contributed by atoms with E-state index in [1.54, 1.807) is 24.3 Å². The number of phenolic OH excluding ortho intramolecular Hbond substituents is 1. The molecular weight excluding hydrogens is 408 g/mol. The Morgan fingerprint density at radius 3 is 2.29 bits per heavy atom. The molecule has 0 bridgehead atoms. The number of aromatic hydroxyl groups is 1. The SMILES string of the molecule is COc1cc2ccc3cc(O)ccc3c2c(OC)c1O[C@@H]1O[C@H](CO)[C@@H](O)[C@H](O)[C@H]1O. The van der Waals surface area contributed by atoms with Gasteiger partial charge in [-0.2, -0.15) is 0 Å². The number of ether oxygens (including phenoxy) is 4. The van der Waals surface area contributed by atoms with Crippen molar-refractivity contribution in [2.75, 3.05) is 20.8 Å². The highest BCUT2D eigenvalue weighted by atomic mass is 16.7. The fraction of sp³-hybridized carbons (Fsp3) is 0.364. The van der Waals surface area contributed by atoms with E-state index < -0.39 is 37.3 Å². The maximum Gasteiger partial charge on any atom is 0.229 e. The first-order chi connectivity index (χ1) is 14.9. The number of hydrogen-bond acceptors (Lipinski definition) is 9. The summed E-state index contributed by atoms with van der Waals surface area (Å²) in [5.74, 6) is 0.821. The van der Waals surface area contributed by atoms with E-state index >= 15 is 0 Å². The highest BCUT2D eigenvalue weighted by Gasteiger charge is 2.45. The van der Waals surface area contributed by atoms with Gasteiger partial charge in [0.1, 0.15) is 30.2 Å². The summed E-state index contributed by atoms with van der Waals surface area (Å²) in [4.78, 5) is 0. The third-order valence-electron chi connectivity index (χ3n) is 5.49. The second-order valence-electron chi connectivity index (χ2n) is 7.33. The lowest BCUT2D eigenvalue weighted by atomic mass is 9.99. The van der Waals surface area contributed by atoms with Crippen molar-refractivity contribution in [3.8, 4) is 23.0 Å². The van der Waals surface area contributed by atoms with Crippen LogP contribution in [0.25, 0.3) is 21.5 Å². The minimum atomic E-state index is -1.59. The third kappa shape index (κ3) is 3.60. The van der Waals surface area contributed by atoms with Crippen molar-refractivity contribution >= 4 is 21.5 Å². The molecule has 3 aromatic rings. The fourth-order valence-corrected chi connectivity index (χ4v) is 3.88. The topological polar surface area (TPSA) is 138 Å². The lowest BCUT2D eigenvalue weighted by molar-refractivity contribution is -0.277. The van der Waals surface area contributed by atoms with Crippen molar-refractivity contribution in [2.24, 2.45) is 0 Å². The minimum Gasteiger partial charge on any atom is -0.508 e. The van der Waals surface area contributed by atoms with E-state index in [-0.39, 0.29) is 11.5 Å². The van der Waals surface area contributed by atoms with Crippen LogP contribution in [0.15, 0.2) is 36.4 Å². The summed E-state index contributed by atoms with van der Waals surface area (Å²) in [5.41, 5.74) is 0. The van der Waals surface area contributed by atoms with Gasteiger partial charge in [0.15, 0.2) is 11.5 Å². The van der Waals surface area contributed by atoms with Crippen molar-refractivity contribution in [3.05, 3.63) is 36.4 Å². The molecule has 1 fully saturated rings. The van der Waals surface area contributed by atoms with Gasteiger partial charge < -0.3 is 44.5 Å². The molecule has 0 amide bonds. The first kappa shape index (κ1) is 21.4. The van der Waals surface area contributed by atoms with Crippen LogP contribution in [0.3, 0.4) is 0 Å². The molecule has 0 saturated carbocycles. The van der Waals surface area contributed by atoms with Crippen LogP contribution in [0.5, 0.6) is 23.0 Å². The smallest absolute Gasteiger partial charge is 0.229 e. The van der Waals surface area contributed by atoms with Gasteiger partial charge in [-0.05, 0) is 40.4 Å². The number of aliphatic hydroxyl groups excluding tert-OH is 4. The number of rotatable bonds is 5. The molecule has 4 rings (SSSR count). The van der Waals surface area contributed by atoms with E-state index in [1.807, 2.05) is 12.1 Å². The standard InChI is InChI=1S/C22H24O9/c1-28-14-8-11-4-3-10-7-12(24)5-6-13(10)16(11)21(29-2)20(14)31-22-19(27)18(26)17(25)15(9-23)30-22/h3-8,15,17-19,22-27H,9H2,1-2H3/t15-,17-,18+,19-,22+/m1/s1. The molecule has 1 aliphatic rings. The van der Waals surface area contributed by atoms with E-state index in [0.29, 0.717) is 16.9 Å². The Balaban J connectivity index is 1.87. The van der Waals surface area contributed by atoms with Crippen LogP contribution in [-0.4, -0.2) is 77.1 Å². The van der Waals surface area contributed by atoms with E-state index in [9.17, 15) is 25.5 Å². The lowest BCUT2D eigenvalue weighted by Gasteiger charge is -2.39. The molecule has 1 saturated heterocycles. The predicted molar refractivity (Wildman–Crippen MR) is 111 cm³/mol. The highest BCUT2D eigenvalue weighted by Crippen LogP contribution is 2.47. The molecule has 0 unspecified atom stereocenters. The number of fused-ring (bicyclic) bond motifs is 3. The van der Waals surface area contributed by atoms with Crippen molar-refractivity contribution in [2.45, 2.75) is 30.7 Å². The van der Waals surface area contributed by atoms with Crippen molar-refractivity contribution in [1.29, 1.82) is 0 Å². The molecule has 9 nitrogen and oxygen atoms in total. The molecule has 1 aliphatic heterocycles. The van der Waals surface area contributed by atoms with E-state index in [0.717, 1.165) is 16.2 Å². The molecule has 1 heterocycles. The molecular formula is C22H24O9. The van der Waals surface area contributed by atoms with Crippen LogP contribution < -0.4 is 14.2 Å². The van der Waals surface area contributed by atoms with E-state index in [1.165, 1.54) is 14.2 Å². The van der Waals surface area contributed by atoms with Crippen molar-refractivity contribution in [1.82, 2.24) is 0 Å². The fourth-order valence-electron chi connectivity index (χ4n) is 3.88. The molecule has 0 spiro atoms. The Kier molecular flexibility index (Phi) is 5.78. The lowest BCUT2D eigenvalue weighted by Crippen LogP contribution is -2.60. The second-order valence-corrected chi connectivity index (χ2v) is 7.33. The summed E-state index contributed by atoms with van der Waals surface area (Å²) >= 11 is 0. The summed E-state index contributed by atoms with van der Waals surface area (Å²) < 4.78 is 22.5. The molecule has 0 aliphatic carbocycles. The first-order valence-corrected chi connectivity index (χ1v) is 9.67. The summed E-state index contributed by atoms with van der Waals surface area (Å²) in [6.45, 7) is -0.578. The van der Waals surface area contributed by atoms with Crippen LogP contribution in [0.2, 0.25) is 0 Å². The van der Waals surface area contributed by atoms with Crippen LogP contribution in [-0.2, 0) is 4.74 Å². The Hall–Kier alpha value is -2.82. The first-order valence-electron chi connectivity index (χ1n) is 9.67. The van der Waals surface area contributed by atoms with Crippen molar-refractivity contribution in [3.63, 3.8) is 0 Å². The summed E-state index contributed by atoms with van der Waals surface area (Å²) in [5, 5.41) is 52.7. The number of aliphatic hydroxyl groups is 4. The predicted octanol–water partition coefficient (Wildman–Crippen LogP) is 0.894. The van der Waals surface area contributed by atoms with Crippen LogP contribution in [0, 0.1) is 0 Å². The van der Waals surface area contributed by atoms with Crippen LogP contribution >= 0.6 is 0 Å². The maximum atomic E-state index is 10.4. The third-order valence-corrected chi connectivity index (χ3v) is 5.49. The van der Waals surface area contributed by atoms with E-state index in [4.69, 9.17) is 18.9 Å². The summed E-state index contributed by atoms with van der Waals surface area (Å²) in [6.07, 6.45) is -7.21. The zero-order valence-corrected chi connectivity index (χ0v) is 16.9. The molecule has 3 aromatic carbocycles. The van der Waals surface area contributed by atoms with Gasteiger partial charge in [0.05, 0.1) is 20.8 Å². The maximum absolute atomic E-state index is 10.4. The minimum absolute atomic E-state index is 0.113.